The zero-order valence-electron chi connectivity index (χ0n) is 19.8. The quantitative estimate of drug-likeness (QED) is 0.226. The lowest BCUT2D eigenvalue weighted by atomic mass is 9.97. The average molecular weight is 489 g/mol. The highest BCUT2D eigenvalue weighted by Crippen LogP contribution is 2.40. The first-order valence-electron chi connectivity index (χ1n) is 12.4. The van der Waals surface area contributed by atoms with Crippen LogP contribution in [0.15, 0.2) is 121 Å². The maximum atomic E-state index is 5.27. The topological polar surface area (TPSA) is 25.8 Å². The molecule has 0 spiro atoms. The summed E-state index contributed by atoms with van der Waals surface area (Å²) in [5.74, 6) is 0. The molecule has 172 valence electrons. The lowest BCUT2D eigenvalue weighted by Gasteiger charge is -2.13. The second-order valence-electron chi connectivity index (χ2n) is 9.41. The minimum atomic E-state index is 0.908. The van der Waals surface area contributed by atoms with E-state index in [1.54, 1.807) is 0 Å². The summed E-state index contributed by atoms with van der Waals surface area (Å²) < 4.78 is 2.63. The number of hydrogen-bond donors (Lipinski definition) is 0. The van der Waals surface area contributed by atoms with E-state index < -0.39 is 0 Å². The number of aromatic nitrogens is 2. The predicted molar refractivity (Wildman–Crippen MR) is 158 cm³/mol. The molecule has 6 aromatic carbocycles. The van der Waals surface area contributed by atoms with Crippen molar-refractivity contribution < 1.29 is 0 Å². The van der Waals surface area contributed by atoms with Crippen molar-refractivity contribution in [3.63, 3.8) is 0 Å². The molecular weight excluding hydrogens is 468 g/mol. The minimum Gasteiger partial charge on any atom is -0.244 e. The summed E-state index contributed by atoms with van der Waals surface area (Å²) >= 11 is 1.85. The molecule has 0 radical (unpaired) electrons. The van der Waals surface area contributed by atoms with E-state index >= 15 is 0 Å². The molecule has 0 saturated heterocycles. The Labute approximate surface area is 217 Å². The molecule has 0 bridgehead atoms. The van der Waals surface area contributed by atoms with Crippen LogP contribution in [0.1, 0.15) is 0 Å². The van der Waals surface area contributed by atoms with Gasteiger partial charge in [0.15, 0.2) is 0 Å². The van der Waals surface area contributed by atoms with Crippen molar-refractivity contribution in [3.8, 4) is 22.5 Å². The molecule has 0 aliphatic rings. The standard InChI is InChI=1S/C34H20N2S/c1-2-9-23(10-3-1)32-33(35-28-18-16-21-8-4-5-11-25(21)34(28)36-32)24-15-14-22-17-19-30-31(27(22)20-24)26-12-6-7-13-29(26)37-30/h1-20H. The summed E-state index contributed by atoms with van der Waals surface area (Å²) in [6.45, 7) is 0. The Hall–Kier alpha value is -4.60. The van der Waals surface area contributed by atoms with Gasteiger partial charge < -0.3 is 0 Å². The predicted octanol–water partition coefficient (Wildman–Crippen LogP) is 9.64. The van der Waals surface area contributed by atoms with Crippen molar-refractivity contribution in [2.24, 2.45) is 0 Å². The molecule has 0 saturated carbocycles. The highest BCUT2D eigenvalue weighted by molar-refractivity contribution is 7.26. The summed E-state index contributed by atoms with van der Waals surface area (Å²) in [4.78, 5) is 10.5. The van der Waals surface area contributed by atoms with Crippen LogP contribution >= 0.6 is 11.3 Å². The molecule has 0 aliphatic carbocycles. The average Bonchev–Trinajstić information content (AvgIpc) is 3.36. The molecule has 2 aromatic heterocycles. The minimum absolute atomic E-state index is 0.908. The molecule has 37 heavy (non-hydrogen) atoms. The number of benzene rings is 6. The Morgan fingerprint density at radius 1 is 0.459 bits per heavy atom. The van der Waals surface area contributed by atoms with Crippen LogP contribution in [0.25, 0.3) is 75.3 Å². The van der Waals surface area contributed by atoms with Crippen molar-refractivity contribution in [1.82, 2.24) is 9.97 Å². The third-order valence-corrected chi connectivity index (χ3v) is 8.38. The fourth-order valence-corrected chi connectivity index (χ4v) is 6.60. The lowest BCUT2D eigenvalue weighted by molar-refractivity contribution is 1.30. The molecule has 2 nitrogen and oxygen atoms in total. The number of fused-ring (bicyclic) bond motifs is 8. The Balaban J connectivity index is 1.47. The van der Waals surface area contributed by atoms with Crippen molar-refractivity contribution in [2.45, 2.75) is 0 Å². The smallest absolute Gasteiger partial charge is 0.0973 e. The van der Waals surface area contributed by atoms with Gasteiger partial charge in [-0.1, -0.05) is 97.1 Å². The Kier molecular flexibility index (Phi) is 4.42. The molecular formula is C34H20N2S. The van der Waals surface area contributed by atoms with Gasteiger partial charge in [0.2, 0.25) is 0 Å². The Morgan fingerprint density at radius 2 is 1.16 bits per heavy atom. The van der Waals surface area contributed by atoms with Crippen LogP contribution in [0.5, 0.6) is 0 Å². The van der Waals surface area contributed by atoms with Gasteiger partial charge in [-0.15, -0.1) is 11.3 Å². The van der Waals surface area contributed by atoms with Crippen LogP contribution in [0.2, 0.25) is 0 Å². The van der Waals surface area contributed by atoms with Crippen molar-refractivity contribution in [2.75, 3.05) is 0 Å². The fraction of sp³-hybridized carbons (Fsp3) is 0. The van der Waals surface area contributed by atoms with E-state index in [0.717, 1.165) is 38.9 Å². The number of thiophene rings is 1. The van der Waals surface area contributed by atoms with Crippen LogP contribution in [0.3, 0.4) is 0 Å². The maximum Gasteiger partial charge on any atom is 0.0973 e. The lowest BCUT2D eigenvalue weighted by Crippen LogP contribution is -1.96. The maximum absolute atomic E-state index is 5.27. The normalized spacial score (nSPS) is 11.8. The number of nitrogens with zero attached hydrogens (tertiary/aromatic N) is 2. The molecule has 2 heterocycles. The summed E-state index contributed by atoms with van der Waals surface area (Å²) in [5, 5.41) is 7.42. The van der Waals surface area contributed by atoms with E-state index in [4.69, 9.17) is 9.97 Å². The van der Waals surface area contributed by atoms with Gasteiger partial charge in [0.25, 0.3) is 0 Å². The molecule has 3 heteroatoms. The highest BCUT2D eigenvalue weighted by Gasteiger charge is 2.16. The van der Waals surface area contributed by atoms with E-state index in [1.165, 1.54) is 36.3 Å². The molecule has 8 aromatic rings. The second-order valence-corrected chi connectivity index (χ2v) is 10.5. The van der Waals surface area contributed by atoms with Crippen molar-refractivity contribution >= 4 is 64.1 Å². The molecule has 0 aliphatic heterocycles. The third kappa shape index (κ3) is 3.18. The first kappa shape index (κ1) is 20.6. The van der Waals surface area contributed by atoms with E-state index in [1.807, 2.05) is 17.4 Å². The van der Waals surface area contributed by atoms with E-state index in [0.29, 0.717) is 0 Å². The van der Waals surface area contributed by atoms with Gasteiger partial charge in [-0.05, 0) is 40.4 Å². The van der Waals surface area contributed by atoms with Gasteiger partial charge in [0.05, 0.1) is 22.4 Å². The van der Waals surface area contributed by atoms with Gasteiger partial charge in [-0.2, -0.15) is 0 Å². The molecule has 8 rings (SSSR count). The van der Waals surface area contributed by atoms with Gasteiger partial charge in [0, 0.05) is 36.7 Å². The van der Waals surface area contributed by atoms with Gasteiger partial charge in [-0.3, -0.25) is 0 Å². The van der Waals surface area contributed by atoms with Crippen LogP contribution in [-0.4, -0.2) is 9.97 Å². The summed E-state index contributed by atoms with van der Waals surface area (Å²) in [5.41, 5.74) is 5.81. The summed E-state index contributed by atoms with van der Waals surface area (Å²) in [7, 11) is 0. The zero-order valence-corrected chi connectivity index (χ0v) is 20.7. The Morgan fingerprint density at radius 3 is 2.08 bits per heavy atom. The monoisotopic (exact) mass is 488 g/mol. The van der Waals surface area contributed by atoms with E-state index in [-0.39, 0.29) is 0 Å². The number of hydrogen-bond acceptors (Lipinski definition) is 3. The van der Waals surface area contributed by atoms with Crippen molar-refractivity contribution in [3.05, 3.63) is 121 Å². The Bertz CT molecular complexity index is 2140. The fourth-order valence-electron chi connectivity index (χ4n) is 5.48. The highest BCUT2D eigenvalue weighted by atomic mass is 32.1. The van der Waals surface area contributed by atoms with Gasteiger partial charge >= 0.3 is 0 Å². The van der Waals surface area contributed by atoms with E-state index in [2.05, 4.69) is 115 Å². The SMILES string of the molecule is c1ccc(-c2nc3c(ccc4ccccc43)nc2-c2ccc3ccc4sc5ccccc5c4c3c2)cc1. The second kappa shape index (κ2) is 7.95. The van der Waals surface area contributed by atoms with Crippen LogP contribution in [-0.2, 0) is 0 Å². The van der Waals surface area contributed by atoms with Gasteiger partial charge in [0.1, 0.15) is 0 Å². The molecule has 0 N–H and O–H groups in total. The number of rotatable bonds is 2. The molecule has 0 atom stereocenters. The van der Waals surface area contributed by atoms with Gasteiger partial charge in [-0.25, -0.2) is 9.97 Å². The molecule has 0 amide bonds. The first-order chi connectivity index (χ1) is 18.3. The summed E-state index contributed by atoms with van der Waals surface area (Å²) in [6.07, 6.45) is 0. The third-order valence-electron chi connectivity index (χ3n) is 7.24. The first-order valence-corrected chi connectivity index (χ1v) is 13.2. The van der Waals surface area contributed by atoms with Crippen molar-refractivity contribution in [1.29, 1.82) is 0 Å². The largest absolute Gasteiger partial charge is 0.244 e. The van der Waals surface area contributed by atoms with Crippen LogP contribution in [0, 0.1) is 0 Å². The van der Waals surface area contributed by atoms with E-state index in [9.17, 15) is 0 Å². The molecule has 0 fully saturated rings. The van der Waals surface area contributed by atoms with Crippen LogP contribution < -0.4 is 0 Å². The van der Waals surface area contributed by atoms with Crippen LogP contribution in [0.4, 0.5) is 0 Å². The summed E-state index contributed by atoms with van der Waals surface area (Å²) in [6, 6.07) is 42.9. The molecule has 0 unspecified atom stereocenters. The zero-order chi connectivity index (χ0) is 24.3.